The first-order valence-corrected chi connectivity index (χ1v) is 10.4. The summed E-state index contributed by atoms with van der Waals surface area (Å²) in [6.07, 6.45) is 19.3. The molecule has 0 unspecified atom stereocenters. The third kappa shape index (κ3) is 14.8. The first kappa shape index (κ1) is 22.5. The highest BCUT2D eigenvalue weighted by Gasteiger charge is 2.14. The summed E-state index contributed by atoms with van der Waals surface area (Å²) in [6, 6.07) is 0. The lowest BCUT2D eigenvalue weighted by Gasteiger charge is -2.11. The van der Waals surface area contributed by atoms with Crippen LogP contribution in [0.5, 0.6) is 0 Å². The molecule has 0 saturated heterocycles. The van der Waals surface area contributed by atoms with E-state index in [0.29, 0.717) is 6.61 Å². The Morgan fingerprint density at radius 3 is 1.43 bits per heavy atom. The minimum Gasteiger partial charge on any atom is -0.465 e. The Morgan fingerprint density at radius 2 is 1.04 bits per heavy atom. The normalized spacial score (nSPS) is 11.1. The fourth-order valence-electron chi connectivity index (χ4n) is 3.03. The van der Waals surface area contributed by atoms with Gasteiger partial charge in [-0.05, 0) is 19.3 Å². The van der Waals surface area contributed by atoms with Gasteiger partial charge < -0.3 is 4.74 Å². The molecule has 0 aliphatic carbocycles. The lowest BCUT2D eigenvalue weighted by molar-refractivity contribution is -0.148. The van der Waals surface area contributed by atoms with Gasteiger partial charge in [-0.25, -0.2) is 0 Å². The lowest BCUT2D eigenvalue weighted by Crippen LogP contribution is -2.16. The van der Waals surface area contributed by atoms with E-state index in [1.54, 1.807) is 0 Å². The SMILES string of the molecule is CCCCCCCCCCCCCCCOC(=O)C(CC)CC. The Bertz CT molecular complexity index is 246. The minimum absolute atomic E-state index is 0.00827. The Kier molecular flexibility index (Phi) is 17.4. The van der Waals surface area contributed by atoms with Gasteiger partial charge in [-0.2, -0.15) is 0 Å². The van der Waals surface area contributed by atoms with Crippen molar-refractivity contribution in [3.8, 4) is 0 Å². The van der Waals surface area contributed by atoms with E-state index in [0.717, 1.165) is 19.3 Å². The topological polar surface area (TPSA) is 26.3 Å². The van der Waals surface area contributed by atoms with E-state index in [2.05, 4.69) is 20.8 Å². The number of ether oxygens (including phenoxy) is 1. The smallest absolute Gasteiger partial charge is 0.308 e. The van der Waals surface area contributed by atoms with Crippen molar-refractivity contribution in [2.75, 3.05) is 6.61 Å². The van der Waals surface area contributed by atoms with Crippen molar-refractivity contribution >= 4 is 5.97 Å². The van der Waals surface area contributed by atoms with E-state index in [1.165, 1.54) is 77.0 Å². The van der Waals surface area contributed by atoms with Crippen molar-refractivity contribution in [2.45, 2.75) is 117 Å². The standard InChI is InChI=1S/C21H42O2/c1-4-7-8-9-10-11-12-13-14-15-16-17-18-19-23-21(22)20(5-2)6-3/h20H,4-19H2,1-3H3. The van der Waals surface area contributed by atoms with Gasteiger partial charge in [-0.1, -0.05) is 97.8 Å². The van der Waals surface area contributed by atoms with Crippen LogP contribution in [0.3, 0.4) is 0 Å². The zero-order valence-corrected chi connectivity index (χ0v) is 16.2. The molecule has 0 rings (SSSR count). The molecule has 0 radical (unpaired) electrons. The average Bonchev–Trinajstić information content (AvgIpc) is 2.56. The molecule has 0 bridgehead atoms. The monoisotopic (exact) mass is 326 g/mol. The van der Waals surface area contributed by atoms with Crippen molar-refractivity contribution < 1.29 is 9.53 Å². The van der Waals surface area contributed by atoms with E-state index >= 15 is 0 Å². The molecular formula is C21H42O2. The first-order chi connectivity index (χ1) is 11.3. The molecule has 0 aromatic carbocycles. The van der Waals surface area contributed by atoms with Gasteiger partial charge in [0.05, 0.1) is 12.5 Å². The summed E-state index contributed by atoms with van der Waals surface area (Å²) in [5.41, 5.74) is 0. The highest BCUT2D eigenvalue weighted by atomic mass is 16.5. The zero-order chi connectivity index (χ0) is 17.2. The molecule has 0 amide bonds. The van der Waals surface area contributed by atoms with Crippen molar-refractivity contribution in [3.63, 3.8) is 0 Å². The number of carbonyl (C=O) groups excluding carboxylic acids is 1. The predicted molar refractivity (Wildman–Crippen MR) is 101 cm³/mol. The quantitative estimate of drug-likeness (QED) is 0.211. The second-order valence-electron chi connectivity index (χ2n) is 6.92. The summed E-state index contributed by atoms with van der Waals surface area (Å²) in [5.74, 6) is 0.117. The van der Waals surface area contributed by atoms with Crippen molar-refractivity contribution in [2.24, 2.45) is 5.92 Å². The summed E-state index contributed by atoms with van der Waals surface area (Å²) in [4.78, 5) is 11.7. The van der Waals surface area contributed by atoms with Crippen molar-refractivity contribution in [1.29, 1.82) is 0 Å². The molecular weight excluding hydrogens is 284 g/mol. The van der Waals surface area contributed by atoms with Gasteiger partial charge in [0.1, 0.15) is 0 Å². The van der Waals surface area contributed by atoms with Gasteiger partial charge in [-0.3, -0.25) is 4.79 Å². The zero-order valence-electron chi connectivity index (χ0n) is 16.2. The van der Waals surface area contributed by atoms with Crippen molar-refractivity contribution in [1.82, 2.24) is 0 Å². The van der Waals surface area contributed by atoms with Crippen LogP contribution in [0.25, 0.3) is 0 Å². The van der Waals surface area contributed by atoms with E-state index in [1.807, 2.05) is 0 Å². The third-order valence-corrected chi connectivity index (χ3v) is 4.81. The van der Waals surface area contributed by atoms with Crippen LogP contribution in [0.15, 0.2) is 0 Å². The molecule has 138 valence electrons. The number of rotatable bonds is 17. The summed E-state index contributed by atoms with van der Waals surface area (Å²) in [5, 5.41) is 0. The Labute approximate surface area is 145 Å². The van der Waals surface area contributed by atoms with Gasteiger partial charge in [0, 0.05) is 0 Å². The molecule has 0 aromatic heterocycles. The molecule has 0 atom stereocenters. The molecule has 0 heterocycles. The van der Waals surface area contributed by atoms with Crippen LogP contribution in [0.1, 0.15) is 117 Å². The molecule has 2 heteroatoms. The molecule has 0 aliphatic heterocycles. The van der Waals surface area contributed by atoms with E-state index in [9.17, 15) is 4.79 Å². The molecule has 23 heavy (non-hydrogen) atoms. The molecule has 0 fully saturated rings. The molecule has 0 N–H and O–H groups in total. The van der Waals surface area contributed by atoms with Crippen LogP contribution in [0, 0.1) is 5.92 Å². The van der Waals surface area contributed by atoms with Crippen molar-refractivity contribution in [3.05, 3.63) is 0 Å². The molecule has 0 aliphatic rings. The lowest BCUT2D eigenvalue weighted by atomic mass is 10.0. The highest BCUT2D eigenvalue weighted by molar-refractivity contribution is 5.72. The number of esters is 1. The van der Waals surface area contributed by atoms with Crippen LogP contribution in [0.4, 0.5) is 0 Å². The maximum absolute atomic E-state index is 11.7. The van der Waals surface area contributed by atoms with Crippen LogP contribution >= 0.6 is 0 Å². The first-order valence-electron chi connectivity index (χ1n) is 10.4. The molecule has 2 nitrogen and oxygen atoms in total. The Balaban J connectivity index is 3.17. The number of carbonyl (C=O) groups is 1. The molecule has 0 aromatic rings. The Hall–Kier alpha value is -0.530. The van der Waals surface area contributed by atoms with Gasteiger partial charge >= 0.3 is 5.97 Å². The van der Waals surface area contributed by atoms with Crippen LogP contribution in [-0.4, -0.2) is 12.6 Å². The summed E-state index contributed by atoms with van der Waals surface area (Å²) in [6.45, 7) is 7.01. The molecule has 0 spiro atoms. The van der Waals surface area contributed by atoms with Gasteiger partial charge in [-0.15, -0.1) is 0 Å². The maximum Gasteiger partial charge on any atom is 0.308 e. The van der Waals surface area contributed by atoms with E-state index in [4.69, 9.17) is 4.74 Å². The van der Waals surface area contributed by atoms with Gasteiger partial charge in [0.2, 0.25) is 0 Å². The minimum atomic E-state index is 0.00827. The van der Waals surface area contributed by atoms with Crippen LogP contribution in [0.2, 0.25) is 0 Å². The van der Waals surface area contributed by atoms with Crippen LogP contribution < -0.4 is 0 Å². The number of hydrogen-bond acceptors (Lipinski definition) is 2. The fraction of sp³-hybridized carbons (Fsp3) is 0.952. The second-order valence-corrected chi connectivity index (χ2v) is 6.92. The van der Waals surface area contributed by atoms with E-state index in [-0.39, 0.29) is 11.9 Å². The number of hydrogen-bond donors (Lipinski definition) is 0. The van der Waals surface area contributed by atoms with Crippen LogP contribution in [-0.2, 0) is 9.53 Å². The van der Waals surface area contributed by atoms with Gasteiger partial charge in [0.25, 0.3) is 0 Å². The third-order valence-electron chi connectivity index (χ3n) is 4.81. The molecule has 0 saturated carbocycles. The summed E-state index contributed by atoms with van der Waals surface area (Å²) >= 11 is 0. The Morgan fingerprint density at radius 1 is 0.652 bits per heavy atom. The largest absolute Gasteiger partial charge is 0.465 e. The fourth-order valence-corrected chi connectivity index (χ4v) is 3.03. The number of unbranched alkanes of at least 4 members (excludes halogenated alkanes) is 12. The predicted octanol–water partition coefficient (Wildman–Crippen LogP) is 7.06. The average molecular weight is 327 g/mol. The summed E-state index contributed by atoms with van der Waals surface area (Å²) in [7, 11) is 0. The van der Waals surface area contributed by atoms with Gasteiger partial charge in [0.15, 0.2) is 0 Å². The van der Waals surface area contributed by atoms with E-state index < -0.39 is 0 Å². The highest BCUT2D eigenvalue weighted by Crippen LogP contribution is 2.13. The second kappa shape index (κ2) is 17.8. The summed E-state index contributed by atoms with van der Waals surface area (Å²) < 4.78 is 5.35. The maximum atomic E-state index is 11.7.